The van der Waals surface area contributed by atoms with Crippen molar-refractivity contribution in [3.05, 3.63) is 29.3 Å². The van der Waals surface area contributed by atoms with E-state index < -0.39 is 0 Å². The molecule has 0 saturated heterocycles. The minimum Gasteiger partial charge on any atom is -0.497 e. The van der Waals surface area contributed by atoms with E-state index in [0.29, 0.717) is 5.92 Å². The summed E-state index contributed by atoms with van der Waals surface area (Å²) in [7, 11) is 3.77. The summed E-state index contributed by atoms with van der Waals surface area (Å²) in [5, 5.41) is 3.26. The van der Waals surface area contributed by atoms with Crippen LogP contribution in [0.3, 0.4) is 0 Å². The van der Waals surface area contributed by atoms with E-state index in [1.54, 1.807) is 12.7 Å². The number of hydrogen-bond donors (Lipinski definition) is 1. The molecule has 17 heavy (non-hydrogen) atoms. The Morgan fingerprint density at radius 1 is 1.41 bits per heavy atom. The number of benzene rings is 1. The molecule has 2 rings (SSSR count). The molecule has 2 atom stereocenters. The normalized spacial score (nSPS) is 23.2. The molecule has 1 N–H and O–H groups in total. The molecule has 0 radical (unpaired) electrons. The van der Waals surface area contributed by atoms with Crippen LogP contribution in [0, 0.1) is 5.92 Å². The van der Waals surface area contributed by atoms with E-state index in [2.05, 4.69) is 30.4 Å². The third-order valence-electron chi connectivity index (χ3n) is 4.01. The molecule has 1 aromatic carbocycles. The first-order chi connectivity index (χ1) is 8.26. The molecule has 0 bridgehead atoms. The Morgan fingerprint density at radius 3 is 2.94 bits per heavy atom. The second-order valence-electron chi connectivity index (χ2n) is 5.08. The molecule has 94 valence electrons. The van der Waals surface area contributed by atoms with Gasteiger partial charge in [0, 0.05) is 0 Å². The lowest BCUT2D eigenvalue weighted by Gasteiger charge is -2.31. The van der Waals surface area contributed by atoms with Crippen molar-refractivity contribution >= 4 is 0 Å². The summed E-state index contributed by atoms with van der Waals surface area (Å²) in [5.41, 5.74) is 3.03. The van der Waals surface area contributed by atoms with Crippen molar-refractivity contribution in [1.82, 2.24) is 5.32 Å². The van der Waals surface area contributed by atoms with Gasteiger partial charge in [-0.1, -0.05) is 13.0 Å². The summed E-state index contributed by atoms with van der Waals surface area (Å²) in [5.74, 6) is 2.49. The molecular weight excluding hydrogens is 210 g/mol. The summed E-state index contributed by atoms with van der Waals surface area (Å²) in [6, 6.07) is 6.58. The Balaban J connectivity index is 2.24. The molecule has 0 heterocycles. The first kappa shape index (κ1) is 12.4. The third-order valence-corrected chi connectivity index (χ3v) is 4.01. The number of nitrogens with one attached hydrogen (secondary N) is 1. The van der Waals surface area contributed by atoms with Crippen LogP contribution >= 0.6 is 0 Å². The molecule has 1 aliphatic rings. The van der Waals surface area contributed by atoms with E-state index in [4.69, 9.17) is 4.74 Å². The average molecular weight is 233 g/mol. The summed E-state index contributed by atoms with van der Waals surface area (Å²) in [6.45, 7) is 3.48. The van der Waals surface area contributed by atoms with Crippen LogP contribution in [0.25, 0.3) is 0 Å². The van der Waals surface area contributed by atoms with Gasteiger partial charge in [0.05, 0.1) is 7.11 Å². The smallest absolute Gasteiger partial charge is 0.119 e. The van der Waals surface area contributed by atoms with E-state index >= 15 is 0 Å². The number of rotatable bonds is 4. The standard InChI is InChI=1S/C15H23NO/c1-11-4-5-12-10-13(17-3)6-7-15(12)14(11)8-9-16-2/h6-7,10-11,14,16H,4-5,8-9H2,1-3H3. The lowest BCUT2D eigenvalue weighted by atomic mass is 9.74. The van der Waals surface area contributed by atoms with Gasteiger partial charge in [-0.25, -0.2) is 0 Å². The Kier molecular flexibility index (Phi) is 4.06. The van der Waals surface area contributed by atoms with Crippen LogP contribution in [0.15, 0.2) is 18.2 Å². The molecular formula is C15H23NO. The van der Waals surface area contributed by atoms with E-state index in [-0.39, 0.29) is 0 Å². The van der Waals surface area contributed by atoms with Gasteiger partial charge in [0.15, 0.2) is 0 Å². The minimum atomic E-state index is 0.706. The highest BCUT2D eigenvalue weighted by Crippen LogP contribution is 2.39. The quantitative estimate of drug-likeness (QED) is 0.863. The fraction of sp³-hybridized carbons (Fsp3) is 0.600. The topological polar surface area (TPSA) is 21.3 Å². The Labute approximate surface area is 104 Å². The molecule has 0 fully saturated rings. The third kappa shape index (κ3) is 2.63. The Morgan fingerprint density at radius 2 is 2.24 bits per heavy atom. The molecule has 2 unspecified atom stereocenters. The monoisotopic (exact) mass is 233 g/mol. The van der Waals surface area contributed by atoms with E-state index in [1.165, 1.54) is 24.8 Å². The maximum absolute atomic E-state index is 5.31. The summed E-state index contributed by atoms with van der Waals surface area (Å²) >= 11 is 0. The van der Waals surface area contributed by atoms with E-state index in [9.17, 15) is 0 Å². The molecule has 0 saturated carbocycles. The molecule has 0 spiro atoms. The molecule has 2 nitrogen and oxygen atoms in total. The number of fused-ring (bicyclic) bond motifs is 1. The first-order valence-electron chi connectivity index (χ1n) is 6.57. The van der Waals surface area contributed by atoms with Crippen molar-refractivity contribution in [3.63, 3.8) is 0 Å². The summed E-state index contributed by atoms with van der Waals surface area (Å²) < 4.78 is 5.31. The highest BCUT2D eigenvalue weighted by atomic mass is 16.5. The maximum atomic E-state index is 5.31. The molecule has 2 heteroatoms. The van der Waals surface area contributed by atoms with Gasteiger partial charge in [0.25, 0.3) is 0 Å². The highest BCUT2D eigenvalue weighted by Gasteiger charge is 2.26. The largest absolute Gasteiger partial charge is 0.497 e. The van der Waals surface area contributed by atoms with Crippen molar-refractivity contribution < 1.29 is 4.74 Å². The number of ether oxygens (including phenoxy) is 1. The molecule has 1 aliphatic carbocycles. The zero-order valence-corrected chi connectivity index (χ0v) is 11.1. The van der Waals surface area contributed by atoms with Gasteiger partial charge in [0.1, 0.15) is 5.75 Å². The molecule has 0 amide bonds. The predicted octanol–water partition coefficient (Wildman–Crippen LogP) is 2.97. The van der Waals surface area contributed by atoms with Crippen molar-refractivity contribution in [2.45, 2.75) is 32.1 Å². The van der Waals surface area contributed by atoms with E-state index in [0.717, 1.165) is 18.2 Å². The minimum absolute atomic E-state index is 0.706. The highest BCUT2D eigenvalue weighted by molar-refractivity contribution is 5.39. The first-order valence-corrected chi connectivity index (χ1v) is 6.57. The summed E-state index contributed by atoms with van der Waals surface area (Å²) in [6.07, 6.45) is 3.73. The van der Waals surface area contributed by atoms with Gasteiger partial charge < -0.3 is 10.1 Å². The zero-order chi connectivity index (χ0) is 12.3. The fourth-order valence-corrected chi connectivity index (χ4v) is 2.92. The predicted molar refractivity (Wildman–Crippen MR) is 71.8 cm³/mol. The maximum Gasteiger partial charge on any atom is 0.119 e. The lowest BCUT2D eigenvalue weighted by molar-refractivity contribution is 0.376. The van der Waals surface area contributed by atoms with Crippen LogP contribution in [-0.2, 0) is 6.42 Å². The van der Waals surface area contributed by atoms with Crippen molar-refractivity contribution in [2.24, 2.45) is 5.92 Å². The number of methoxy groups -OCH3 is 1. The summed E-state index contributed by atoms with van der Waals surface area (Å²) in [4.78, 5) is 0. The second-order valence-corrected chi connectivity index (χ2v) is 5.08. The van der Waals surface area contributed by atoms with Gasteiger partial charge >= 0.3 is 0 Å². The van der Waals surface area contributed by atoms with Crippen LogP contribution in [0.1, 0.15) is 36.8 Å². The lowest BCUT2D eigenvalue weighted by Crippen LogP contribution is -2.22. The van der Waals surface area contributed by atoms with Gasteiger partial charge in [-0.3, -0.25) is 0 Å². The van der Waals surface area contributed by atoms with Crippen molar-refractivity contribution in [1.29, 1.82) is 0 Å². The number of aryl methyl sites for hydroxylation is 1. The van der Waals surface area contributed by atoms with Crippen LogP contribution in [-0.4, -0.2) is 20.7 Å². The zero-order valence-electron chi connectivity index (χ0n) is 11.1. The van der Waals surface area contributed by atoms with Crippen molar-refractivity contribution in [3.8, 4) is 5.75 Å². The van der Waals surface area contributed by atoms with Gasteiger partial charge in [-0.05, 0) is 68.0 Å². The van der Waals surface area contributed by atoms with Gasteiger partial charge in [-0.2, -0.15) is 0 Å². The van der Waals surface area contributed by atoms with Gasteiger partial charge in [-0.15, -0.1) is 0 Å². The molecule has 0 aromatic heterocycles. The van der Waals surface area contributed by atoms with Gasteiger partial charge in [0.2, 0.25) is 0 Å². The van der Waals surface area contributed by atoms with Crippen LogP contribution in [0.2, 0.25) is 0 Å². The SMILES string of the molecule is CNCCC1c2ccc(OC)cc2CCC1C. The average Bonchev–Trinajstić information content (AvgIpc) is 2.37. The Bertz CT molecular complexity index is 375. The second kappa shape index (κ2) is 5.54. The van der Waals surface area contributed by atoms with Crippen LogP contribution in [0.4, 0.5) is 0 Å². The van der Waals surface area contributed by atoms with Crippen LogP contribution in [0.5, 0.6) is 5.75 Å². The van der Waals surface area contributed by atoms with Crippen LogP contribution < -0.4 is 10.1 Å². The Hall–Kier alpha value is -1.02. The van der Waals surface area contributed by atoms with Crippen molar-refractivity contribution in [2.75, 3.05) is 20.7 Å². The molecule has 0 aliphatic heterocycles. The number of hydrogen-bond acceptors (Lipinski definition) is 2. The molecule has 1 aromatic rings. The fourth-order valence-electron chi connectivity index (χ4n) is 2.92. The van der Waals surface area contributed by atoms with E-state index in [1.807, 2.05) is 7.05 Å².